The fraction of sp³-hybridized carbons (Fsp3) is 0.417. The normalized spacial score (nSPS) is 10.3. The smallest absolute Gasteiger partial charge is 0.252 e. The molecule has 0 heterocycles. The molecule has 0 fully saturated rings. The Morgan fingerprint density at radius 3 is 3.00 bits per heavy atom. The van der Waals surface area contributed by atoms with Crippen LogP contribution in [-0.4, -0.2) is 25.7 Å². The molecule has 0 aliphatic rings. The van der Waals surface area contributed by atoms with Gasteiger partial charge in [-0.05, 0) is 70.1 Å². The van der Waals surface area contributed by atoms with E-state index in [1.807, 2.05) is 25.1 Å². The molecule has 0 aliphatic carbocycles. The fourth-order valence-electron chi connectivity index (χ4n) is 1.29. The number of carbonyl (C=O) groups excluding carboxylic acids is 1. The maximum atomic E-state index is 11.9. The van der Waals surface area contributed by atoms with Crippen LogP contribution in [0, 0.1) is 3.57 Å². The summed E-state index contributed by atoms with van der Waals surface area (Å²) in [7, 11) is 0. The first-order valence-electron chi connectivity index (χ1n) is 5.46. The molecule has 0 aliphatic heterocycles. The third-order valence-electron chi connectivity index (χ3n) is 2.13. The Morgan fingerprint density at radius 2 is 2.29 bits per heavy atom. The zero-order valence-electron chi connectivity index (χ0n) is 9.63. The lowest BCUT2D eigenvalue weighted by Gasteiger charge is -2.07. The summed E-state index contributed by atoms with van der Waals surface area (Å²) in [4.78, 5) is 11.9. The number of rotatable bonds is 6. The van der Waals surface area contributed by atoms with Crippen LogP contribution in [0.25, 0.3) is 0 Å². The maximum absolute atomic E-state index is 11.9. The van der Waals surface area contributed by atoms with Gasteiger partial charge in [0.2, 0.25) is 0 Å². The molecule has 1 amide bonds. The molecular weight excluding hydrogens is 397 g/mol. The zero-order chi connectivity index (χ0) is 12.7. The summed E-state index contributed by atoms with van der Waals surface area (Å²) < 4.78 is 7.07. The average molecular weight is 412 g/mol. The van der Waals surface area contributed by atoms with Crippen LogP contribution < -0.4 is 5.32 Å². The summed E-state index contributed by atoms with van der Waals surface area (Å²) in [6, 6.07) is 5.70. The number of amides is 1. The molecule has 94 valence electrons. The van der Waals surface area contributed by atoms with Crippen molar-refractivity contribution in [2.24, 2.45) is 0 Å². The molecule has 1 aromatic rings. The lowest BCUT2D eigenvalue weighted by molar-refractivity contribution is 0.0943. The topological polar surface area (TPSA) is 38.3 Å². The Bertz CT molecular complexity index is 385. The predicted octanol–water partition coefficient (Wildman–Crippen LogP) is 3.21. The van der Waals surface area contributed by atoms with Crippen molar-refractivity contribution in [3.8, 4) is 0 Å². The summed E-state index contributed by atoms with van der Waals surface area (Å²) in [5.41, 5.74) is 0.674. The van der Waals surface area contributed by atoms with Crippen molar-refractivity contribution in [2.45, 2.75) is 13.3 Å². The van der Waals surface area contributed by atoms with Crippen molar-refractivity contribution >= 4 is 44.4 Å². The highest BCUT2D eigenvalue weighted by atomic mass is 127. The van der Waals surface area contributed by atoms with Crippen molar-refractivity contribution < 1.29 is 9.53 Å². The van der Waals surface area contributed by atoms with E-state index in [1.165, 1.54) is 0 Å². The second kappa shape index (κ2) is 8.05. The summed E-state index contributed by atoms with van der Waals surface area (Å²) in [5.74, 6) is -0.0492. The maximum Gasteiger partial charge on any atom is 0.252 e. The number of hydrogen-bond acceptors (Lipinski definition) is 2. The van der Waals surface area contributed by atoms with Gasteiger partial charge in [0.1, 0.15) is 0 Å². The Kier molecular flexibility index (Phi) is 7.06. The lowest BCUT2D eigenvalue weighted by Crippen LogP contribution is -2.25. The van der Waals surface area contributed by atoms with Gasteiger partial charge in [-0.25, -0.2) is 0 Å². The number of benzene rings is 1. The average Bonchev–Trinajstić information content (AvgIpc) is 2.32. The van der Waals surface area contributed by atoms with Crippen molar-refractivity contribution in [2.75, 3.05) is 19.8 Å². The number of hydrogen-bond donors (Lipinski definition) is 1. The highest BCUT2D eigenvalue weighted by Crippen LogP contribution is 2.19. The van der Waals surface area contributed by atoms with E-state index in [0.717, 1.165) is 21.1 Å². The van der Waals surface area contributed by atoms with Crippen molar-refractivity contribution in [1.29, 1.82) is 0 Å². The minimum absolute atomic E-state index is 0.0492. The third-order valence-corrected chi connectivity index (χ3v) is 3.49. The first-order chi connectivity index (χ1) is 8.15. The van der Waals surface area contributed by atoms with Gasteiger partial charge in [-0.3, -0.25) is 4.79 Å². The van der Waals surface area contributed by atoms with Crippen LogP contribution in [-0.2, 0) is 4.74 Å². The summed E-state index contributed by atoms with van der Waals surface area (Å²) in [6.07, 6.45) is 0.834. The summed E-state index contributed by atoms with van der Waals surface area (Å²) >= 11 is 5.57. The van der Waals surface area contributed by atoms with Crippen LogP contribution in [0.3, 0.4) is 0 Å². The van der Waals surface area contributed by atoms with Crippen LogP contribution in [0.4, 0.5) is 0 Å². The molecule has 0 aromatic heterocycles. The minimum atomic E-state index is -0.0492. The molecule has 0 bridgehead atoms. The first-order valence-corrected chi connectivity index (χ1v) is 7.33. The number of ether oxygens (including phenoxy) is 1. The Balaban J connectivity index is 2.44. The molecule has 0 saturated carbocycles. The Labute approximate surface area is 124 Å². The zero-order valence-corrected chi connectivity index (χ0v) is 13.4. The van der Waals surface area contributed by atoms with E-state index in [9.17, 15) is 4.79 Å². The van der Waals surface area contributed by atoms with E-state index in [1.54, 1.807) is 0 Å². The standard InChI is InChI=1S/C12H15BrINO2/c1-2-17-7-3-6-15-12(16)10-8-9(14)4-5-11(10)13/h4-5,8H,2-3,6-7H2,1H3,(H,15,16). The largest absolute Gasteiger partial charge is 0.382 e. The molecule has 0 radical (unpaired) electrons. The number of carbonyl (C=O) groups is 1. The molecule has 0 saturated heterocycles. The quantitative estimate of drug-likeness (QED) is 0.576. The summed E-state index contributed by atoms with van der Waals surface area (Å²) in [5, 5.41) is 2.87. The van der Waals surface area contributed by atoms with E-state index in [-0.39, 0.29) is 5.91 Å². The van der Waals surface area contributed by atoms with Crippen molar-refractivity contribution in [3.05, 3.63) is 31.8 Å². The van der Waals surface area contributed by atoms with Gasteiger partial charge in [0.15, 0.2) is 0 Å². The molecular formula is C12H15BrINO2. The molecule has 3 nitrogen and oxygen atoms in total. The lowest BCUT2D eigenvalue weighted by atomic mass is 10.2. The van der Waals surface area contributed by atoms with Crippen LogP contribution in [0.1, 0.15) is 23.7 Å². The third kappa shape index (κ3) is 5.35. The molecule has 0 atom stereocenters. The van der Waals surface area contributed by atoms with Crippen LogP contribution in [0.2, 0.25) is 0 Å². The monoisotopic (exact) mass is 411 g/mol. The van der Waals surface area contributed by atoms with Gasteiger partial charge in [0, 0.05) is 27.8 Å². The van der Waals surface area contributed by atoms with E-state index in [4.69, 9.17) is 4.74 Å². The molecule has 0 unspecified atom stereocenters. The van der Waals surface area contributed by atoms with E-state index < -0.39 is 0 Å². The van der Waals surface area contributed by atoms with E-state index >= 15 is 0 Å². The second-order valence-electron chi connectivity index (χ2n) is 3.43. The van der Waals surface area contributed by atoms with Gasteiger partial charge in [0.25, 0.3) is 5.91 Å². The number of halogens is 2. The van der Waals surface area contributed by atoms with Gasteiger partial charge in [-0.1, -0.05) is 0 Å². The van der Waals surface area contributed by atoms with Gasteiger partial charge in [0.05, 0.1) is 5.56 Å². The molecule has 1 rings (SSSR count). The minimum Gasteiger partial charge on any atom is -0.382 e. The van der Waals surface area contributed by atoms with E-state index in [2.05, 4.69) is 43.8 Å². The SMILES string of the molecule is CCOCCCNC(=O)c1cc(I)ccc1Br. The predicted molar refractivity (Wildman–Crippen MR) is 80.3 cm³/mol. The molecule has 5 heteroatoms. The highest BCUT2D eigenvalue weighted by Gasteiger charge is 2.09. The van der Waals surface area contributed by atoms with Crippen molar-refractivity contribution in [3.63, 3.8) is 0 Å². The molecule has 1 N–H and O–H groups in total. The molecule has 1 aromatic carbocycles. The number of nitrogens with one attached hydrogen (secondary N) is 1. The van der Waals surface area contributed by atoms with Gasteiger partial charge in [-0.2, -0.15) is 0 Å². The fourth-order valence-corrected chi connectivity index (χ4v) is 2.21. The van der Waals surface area contributed by atoms with Gasteiger partial charge < -0.3 is 10.1 Å². The van der Waals surface area contributed by atoms with Crippen LogP contribution in [0.5, 0.6) is 0 Å². The molecule has 17 heavy (non-hydrogen) atoms. The molecule has 0 spiro atoms. The second-order valence-corrected chi connectivity index (χ2v) is 5.53. The first kappa shape index (κ1) is 14.9. The van der Waals surface area contributed by atoms with E-state index in [0.29, 0.717) is 18.7 Å². The van der Waals surface area contributed by atoms with Crippen molar-refractivity contribution in [1.82, 2.24) is 5.32 Å². The van der Waals surface area contributed by atoms with Gasteiger partial charge >= 0.3 is 0 Å². The van der Waals surface area contributed by atoms with Crippen LogP contribution >= 0.6 is 38.5 Å². The Hall–Kier alpha value is -0.140. The summed E-state index contributed by atoms with van der Waals surface area (Å²) in [6.45, 7) is 4.00. The highest BCUT2D eigenvalue weighted by molar-refractivity contribution is 14.1. The Morgan fingerprint density at radius 1 is 1.53 bits per heavy atom. The van der Waals surface area contributed by atoms with Gasteiger partial charge in [-0.15, -0.1) is 0 Å². The van der Waals surface area contributed by atoms with Crippen LogP contribution in [0.15, 0.2) is 22.7 Å².